The molecule has 7 heteroatoms. The highest BCUT2D eigenvalue weighted by Gasteiger charge is 2.16. The van der Waals surface area contributed by atoms with E-state index in [4.69, 9.17) is 0 Å². The van der Waals surface area contributed by atoms with Crippen LogP contribution in [0.5, 0.6) is 0 Å². The molecular weight excluding hydrogens is 388 g/mol. The van der Waals surface area contributed by atoms with Crippen molar-refractivity contribution in [3.8, 4) is 21.8 Å². The molecule has 0 atom stereocenters. The minimum atomic E-state index is -0.205. The van der Waals surface area contributed by atoms with Crippen LogP contribution in [0.4, 0.5) is 5.69 Å². The molecule has 138 valence electrons. The Hall–Kier alpha value is -2.90. The van der Waals surface area contributed by atoms with E-state index in [0.717, 1.165) is 45.0 Å². The molecule has 0 bridgehead atoms. The first-order chi connectivity index (χ1) is 13.8. The van der Waals surface area contributed by atoms with Gasteiger partial charge in [-0.15, -0.1) is 11.3 Å². The molecule has 28 heavy (non-hydrogen) atoms. The van der Waals surface area contributed by atoms with E-state index in [1.54, 1.807) is 17.1 Å². The molecule has 0 saturated heterocycles. The number of aromatic nitrogens is 3. The Labute approximate surface area is 170 Å². The summed E-state index contributed by atoms with van der Waals surface area (Å²) in [5.74, 6) is 0.888. The van der Waals surface area contributed by atoms with Gasteiger partial charge in [0.1, 0.15) is 10.7 Å². The van der Waals surface area contributed by atoms with Crippen LogP contribution in [0, 0.1) is 0 Å². The van der Waals surface area contributed by atoms with E-state index in [9.17, 15) is 4.79 Å². The number of carbonyl (C=O) groups is 1. The largest absolute Gasteiger partial charge is 0.325 e. The number of aryl methyl sites for hydroxylation is 1. The Morgan fingerprint density at radius 3 is 2.61 bits per heavy atom. The third kappa shape index (κ3) is 3.34. The van der Waals surface area contributed by atoms with Crippen molar-refractivity contribution in [3.05, 3.63) is 71.9 Å². The van der Waals surface area contributed by atoms with Crippen molar-refractivity contribution in [1.82, 2.24) is 14.5 Å². The number of thiazole rings is 1. The number of imidazole rings is 1. The van der Waals surface area contributed by atoms with Crippen molar-refractivity contribution >= 4 is 34.7 Å². The summed E-state index contributed by atoms with van der Waals surface area (Å²) >= 11 is 3.25. The van der Waals surface area contributed by atoms with E-state index in [2.05, 4.69) is 26.0 Å². The summed E-state index contributed by atoms with van der Waals surface area (Å²) in [6.07, 6.45) is 2.09. The maximum atomic E-state index is 12.5. The van der Waals surface area contributed by atoms with Crippen LogP contribution in [0.25, 0.3) is 21.8 Å². The zero-order valence-corrected chi connectivity index (χ0v) is 16.5. The standard InChI is InChI=1S/C21H16N4OS2/c26-19(18-13-28-20(23-18)15-4-2-1-3-5-15)22-16-8-6-14(7-9-16)17-12-25-10-11-27-21(25)24-17/h1-9,12-13H,10-11H2,(H,22,26). The number of hydrogen-bond acceptors (Lipinski definition) is 5. The Morgan fingerprint density at radius 1 is 1.00 bits per heavy atom. The van der Waals surface area contributed by atoms with Gasteiger partial charge in [0, 0.05) is 40.7 Å². The summed E-state index contributed by atoms with van der Waals surface area (Å²) in [6.45, 7) is 1.01. The minimum Gasteiger partial charge on any atom is -0.325 e. The number of fused-ring (bicyclic) bond motifs is 1. The van der Waals surface area contributed by atoms with Crippen LogP contribution in [0.3, 0.4) is 0 Å². The molecule has 0 fully saturated rings. The molecule has 0 unspecified atom stereocenters. The second kappa shape index (κ2) is 7.26. The first kappa shape index (κ1) is 17.2. The van der Waals surface area contributed by atoms with Crippen molar-refractivity contribution in [2.24, 2.45) is 0 Å². The number of carbonyl (C=O) groups excluding carboxylic acids is 1. The first-order valence-corrected chi connectivity index (χ1v) is 10.8. The zero-order valence-electron chi connectivity index (χ0n) is 14.8. The van der Waals surface area contributed by atoms with E-state index in [0.29, 0.717) is 5.69 Å². The summed E-state index contributed by atoms with van der Waals surface area (Å²) in [4.78, 5) is 21.6. The van der Waals surface area contributed by atoms with Gasteiger partial charge in [-0.2, -0.15) is 0 Å². The Bertz CT molecular complexity index is 1110. The summed E-state index contributed by atoms with van der Waals surface area (Å²) in [7, 11) is 0. The van der Waals surface area contributed by atoms with Gasteiger partial charge >= 0.3 is 0 Å². The fourth-order valence-electron chi connectivity index (χ4n) is 3.06. The van der Waals surface area contributed by atoms with Crippen molar-refractivity contribution in [3.63, 3.8) is 0 Å². The van der Waals surface area contributed by atoms with Crippen molar-refractivity contribution in [1.29, 1.82) is 0 Å². The van der Waals surface area contributed by atoms with Gasteiger partial charge in [-0.1, -0.05) is 54.2 Å². The second-order valence-corrected chi connectivity index (χ2v) is 8.31. The van der Waals surface area contributed by atoms with Crippen molar-refractivity contribution < 1.29 is 4.79 Å². The molecule has 1 amide bonds. The highest BCUT2D eigenvalue weighted by molar-refractivity contribution is 7.99. The number of anilines is 1. The smallest absolute Gasteiger partial charge is 0.275 e. The number of nitrogens with zero attached hydrogens (tertiary/aromatic N) is 3. The molecule has 1 aliphatic rings. The maximum absolute atomic E-state index is 12.5. The Balaban J connectivity index is 1.29. The predicted octanol–water partition coefficient (Wildman–Crippen LogP) is 5.03. The van der Waals surface area contributed by atoms with Crippen LogP contribution in [-0.2, 0) is 6.54 Å². The third-order valence-corrected chi connectivity index (χ3v) is 6.36. The second-order valence-electron chi connectivity index (χ2n) is 6.39. The molecule has 5 rings (SSSR count). The summed E-state index contributed by atoms with van der Waals surface area (Å²) < 4.78 is 2.18. The summed E-state index contributed by atoms with van der Waals surface area (Å²) in [5.41, 5.74) is 4.19. The van der Waals surface area contributed by atoms with E-state index >= 15 is 0 Å². The molecule has 0 aliphatic carbocycles. The number of hydrogen-bond donors (Lipinski definition) is 1. The number of nitrogens with one attached hydrogen (secondary N) is 1. The highest BCUT2D eigenvalue weighted by Crippen LogP contribution is 2.29. The number of rotatable bonds is 4. The van der Waals surface area contributed by atoms with E-state index in [-0.39, 0.29) is 5.91 Å². The van der Waals surface area contributed by atoms with Gasteiger partial charge in [-0.3, -0.25) is 4.79 Å². The molecule has 3 heterocycles. The lowest BCUT2D eigenvalue weighted by atomic mass is 10.1. The summed E-state index contributed by atoms with van der Waals surface area (Å²) in [5, 5.41) is 6.62. The fraction of sp³-hybridized carbons (Fsp3) is 0.0952. The lowest BCUT2D eigenvalue weighted by Crippen LogP contribution is -2.12. The van der Waals surface area contributed by atoms with E-state index < -0.39 is 0 Å². The topological polar surface area (TPSA) is 59.8 Å². The monoisotopic (exact) mass is 404 g/mol. The van der Waals surface area contributed by atoms with Gasteiger partial charge < -0.3 is 9.88 Å². The average molecular weight is 405 g/mol. The Morgan fingerprint density at radius 2 is 1.82 bits per heavy atom. The molecule has 0 radical (unpaired) electrons. The SMILES string of the molecule is O=C(Nc1ccc(-c2cn3c(n2)SCC3)cc1)c1csc(-c2ccccc2)n1. The minimum absolute atomic E-state index is 0.205. The van der Waals surface area contributed by atoms with Gasteiger partial charge in [0.05, 0.1) is 5.69 Å². The van der Waals surface area contributed by atoms with E-state index in [1.165, 1.54) is 11.3 Å². The Kier molecular flexibility index (Phi) is 4.46. The summed E-state index contributed by atoms with van der Waals surface area (Å²) in [6, 6.07) is 17.6. The van der Waals surface area contributed by atoms with Gasteiger partial charge in [0.25, 0.3) is 5.91 Å². The van der Waals surface area contributed by atoms with Crippen LogP contribution in [0.15, 0.2) is 71.3 Å². The van der Waals surface area contributed by atoms with Gasteiger partial charge in [0.2, 0.25) is 0 Å². The van der Waals surface area contributed by atoms with Gasteiger partial charge in [0.15, 0.2) is 5.16 Å². The van der Waals surface area contributed by atoms with Crippen LogP contribution in [0.1, 0.15) is 10.5 Å². The van der Waals surface area contributed by atoms with Crippen LogP contribution < -0.4 is 5.32 Å². The third-order valence-electron chi connectivity index (χ3n) is 4.50. The van der Waals surface area contributed by atoms with Gasteiger partial charge in [-0.05, 0) is 12.1 Å². The lowest BCUT2D eigenvalue weighted by Gasteiger charge is -2.04. The predicted molar refractivity (Wildman–Crippen MR) is 114 cm³/mol. The molecule has 5 nitrogen and oxygen atoms in total. The molecule has 0 spiro atoms. The van der Waals surface area contributed by atoms with Crippen LogP contribution >= 0.6 is 23.1 Å². The normalized spacial score (nSPS) is 12.7. The highest BCUT2D eigenvalue weighted by atomic mass is 32.2. The van der Waals surface area contributed by atoms with Crippen molar-refractivity contribution in [2.75, 3.05) is 11.1 Å². The first-order valence-electron chi connectivity index (χ1n) is 8.89. The maximum Gasteiger partial charge on any atom is 0.275 e. The molecule has 2 aromatic heterocycles. The van der Waals surface area contributed by atoms with Crippen LogP contribution in [0.2, 0.25) is 0 Å². The molecular formula is C21H16N4OS2. The number of thioether (sulfide) groups is 1. The fourth-order valence-corrected chi connectivity index (χ4v) is 4.81. The number of benzene rings is 2. The van der Waals surface area contributed by atoms with E-state index in [1.807, 2.05) is 54.6 Å². The molecule has 1 aliphatic heterocycles. The quantitative estimate of drug-likeness (QED) is 0.518. The zero-order chi connectivity index (χ0) is 18.9. The molecule has 2 aromatic carbocycles. The van der Waals surface area contributed by atoms with Gasteiger partial charge in [-0.25, -0.2) is 9.97 Å². The molecule has 1 N–H and O–H groups in total. The number of amides is 1. The van der Waals surface area contributed by atoms with Crippen LogP contribution in [-0.4, -0.2) is 26.2 Å². The average Bonchev–Trinajstić information content (AvgIpc) is 3.45. The molecule has 0 saturated carbocycles. The lowest BCUT2D eigenvalue weighted by molar-refractivity contribution is 0.102. The molecule has 4 aromatic rings. The van der Waals surface area contributed by atoms with Crippen molar-refractivity contribution in [2.45, 2.75) is 11.7 Å².